The summed E-state index contributed by atoms with van der Waals surface area (Å²) in [7, 11) is 0. The number of nitrogens with two attached hydrogens (primary N) is 1. The van der Waals surface area contributed by atoms with E-state index in [9.17, 15) is 14.9 Å². The highest BCUT2D eigenvalue weighted by Gasteiger charge is 2.15. The normalized spacial score (nSPS) is 10.1. The van der Waals surface area contributed by atoms with E-state index in [1.165, 1.54) is 18.2 Å². The van der Waals surface area contributed by atoms with Crippen LogP contribution in [-0.4, -0.2) is 29.1 Å². The third-order valence-corrected chi connectivity index (χ3v) is 2.38. The van der Waals surface area contributed by atoms with E-state index in [4.69, 9.17) is 10.8 Å². The van der Waals surface area contributed by atoms with Crippen molar-refractivity contribution in [3.63, 3.8) is 0 Å². The molecular formula is C11H15N3O4. The molecule has 0 aliphatic rings. The van der Waals surface area contributed by atoms with Gasteiger partial charge < -0.3 is 16.2 Å². The summed E-state index contributed by atoms with van der Waals surface area (Å²) < 4.78 is 0. The maximum Gasteiger partial charge on any atom is 0.292 e. The standard InChI is InChI=1S/C11H15N3O4/c12-11(16)8-3-4-10(14(17)18)9(7-8)13-5-1-2-6-15/h3-4,7,13,15H,1-2,5-6H2,(H2,12,16). The van der Waals surface area contributed by atoms with Crippen LogP contribution < -0.4 is 11.1 Å². The average Bonchev–Trinajstić information content (AvgIpc) is 2.34. The van der Waals surface area contributed by atoms with Crippen molar-refractivity contribution >= 4 is 17.3 Å². The van der Waals surface area contributed by atoms with Crippen LogP contribution in [0.2, 0.25) is 0 Å². The molecule has 0 radical (unpaired) electrons. The molecule has 1 amide bonds. The fraction of sp³-hybridized carbons (Fsp3) is 0.364. The molecule has 7 nitrogen and oxygen atoms in total. The van der Waals surface area contributed by atoms with Crippen LogP contribution in [0.15, 0.2) is 18.2 Å². The van der Waals surface area contributed by atoms with Crippen LogP contribution in [0.3, 0.4) is 0 Å². The summed E-state index contributed by atoms with van der Waals surface area (Å²) in [6.45, 7) is 0.550. The maximum absolute atomic E-state index is 11.0. The molecule has 0 heterocycles. The molecule has 0 aliphatic carbocycles. The lowest BCUT2D eigenvalue weighted by Crippen LogP contribution is -2.12. The van der Waals surface area contributed by atoms with Crippen LogP contribution >= 0.6 is 0 Å². The Morgan fingerprint density at radius 3 is 2.72 bits per heavy atom. The molecule has 0 saturated carbocycles. The molecule has 0 unspecified atom stereocenters. The Hall–Kier alpha value is -2.15. The SMILES string of the molecule is NC(=O)c1ccc([N+](=O)[O-])c(NCCCCO)c1. The van der Waals surface area contributed by atoms with E-state index in [0.29, 0.717) is 19.4 Å². The first-order valence-electron chi connectivity index (χ1n) is 5.49. The molecule has 0 atom stereocenters. The van der Waals surface area contributed by atoms with Crippen molar-refractivity contribution in [3.05, 3.63) is 33.9 Å². The van der Waals surface area contributed by atoms with Crippen molar-refractivity contribution in [1.29, 1.82) is 0 Å². The number of hydrogen-bond donors (Lipinski definition) is 3. The van der Waals surface area contributed by atoms with Crippen molar-refractivity contribution < 1.29 is 14.8 Å². The van der Waals surface area contributed by atoms with Gasteiger partial charge in [-0.15, -0.1) is 0 Å². The van der Waals surface area contributed by atoms with Gasteiger partial charge in [0, 0.05) is 24.8 Å². The quantitative estimate of drug-likeness (QED) is 0.378. The number of nitro groups is 1. The van der Waals surface area contributed by atoms with Crippen LogP contribution in [0.5, 0.6) is 0 Å². The Bertz CT molecular complexity index is 448. The Morgan fingerprint density at radius 2 is 2.17 bits per heavy atom. The highest BCUT2D eigenvalue weighted by atomic mass is 16.6. The largest absolute Gasteiger partial charge is 0.396 e. The van der Waals surface area contributed by atoms with E-state index in [0.717, 1.165) is 0 Å². The summed E-state index contributed by atoms with van der Waals surface area (Å²) in [5.41, 5.74) is 5.48. The zero-order chi connectivity index (χ0) is 13.5. The van der Waals surface area contributed by atoms with Gasteiger partial charge in [0.2, 0.25) is 5.91 Å². The van der Waals surface area contributed by atoms with Gasteiger partial charge in [-0.25, -0.2) is 0 Å². The number of primary amides is 1. The molecule has 0 aliphatic heterocycles. The fourth-order valence-electron chi connectivity index (χ4n) is 1.45. The number of amides is 1. The van der Waals surface area contributed by atoms with Gasteiger partial charge in [-0.3, -0.25) is 14.9 Å². The number of benzene rings is 1. The van der Waals surface area contributed by atoms with Crippen molar-refractivity contribution in [2.24, 2.45) is 5.73 Å². The minimum absolute atomic E-state index is 0.0745. The van der Waals surface area contributed by atoms with E-state index < -0.39 is 10.8 Å². The zero-order valence-electron chi connectivity index (χ0n) is 9.76. The van der Waals surface area contributed by atoms with E-state index in [2.05, 4.69) is 5.32 Å². The Labute approximate surface area is 104 Å². The van der Waals surface area contributed by atoms with Crippen LogP contribution in [0.25, 0.3) is 0 Å². The molecular weight excluding hydrogens is 238 g/mol. The van der Waals surface area contributed by atoms with E-state index >= 15 is 0 Å². The lowest BCUT2D eigenvalue weighted by atomic mass is 10.1. The van der Waals surface area contributed by atoms with Crippen molar-refractivity contribution in [1.82, 2.24) is 0 Å². The number of nitrogens with zero attached hydrogens (tertiary/aromatic N) is 1. The monoisotopic (exact) mass is 253 g/mol. The number of aliphatic hydroxyl groups is 1. The Morgan fingerprint density at radius 1 is 1.44 bits per heavy atom. The average molecular weight is 253 g/mol. The summed E-state index contributed by atoms with van der Waals surface area (Å²) >= 11 is 0. The fourth-order valence-corrected chi connectivity index (χ4v) is 1.45. The van der Waals surface area contributed by atoms with Crippen LogP contribution in [-0.2, 0) is 0 Å². The minimum atomic E-state index is -0.636. The predicted octanol–water partition coefficient (Wildman–Crippen LogP) is 0.878. The first kappa shape index (κ1) is 13.9. The van der Waals surface area contributed by atoms with Gasteiger partial charge in [0.15, 0.2) is 0 Å². The highest BCUT2D eigenvalue weighted by Crippen LogP contribution is 2.25. The van der Waals surface area contributed by atoms with E-state index in [-0.39, 0.29) is 23.5 Å². The van der Waals surface area contributed by atoms with Gasteiger partial charge in [-0.2, -0.15) is 0 Å². The van der Waals surface area contributed by atoms with E-state index in [1.54, 1.807) is 0 Å². The molecule has 7 heteroatoms. The number of aliphatic hydroxyl groups excluding tert-OH is 1. The molecule has 1 aromatic rings. The molecule has 98 valence electrons. The van der Waals surface area contributed by atoms with Gasteiger partial charge in [0.1, 0.15) is 5.69 Å². The first-order chi connectivity index (χ1) is 8.56. The Balaban J connectivity index is 2.86. The van der Waals surface area contributed by atoms with Gasteiger partial charge >= 0.3 is 0 Å². The van der Waals surface area contributed by atoms with Gasteiger partial charge in [-0.1, -0.05) is 0 Å². The smallest absolute Gasteiger partial charge is 0.292 e. The number of carbonyl (C=O) groups excluding carboxylic acids is 1. The molecule has 1 aromatic carbocycles. The van der Waals surface area contributed by atoms with E-state index in [1.807, 2.05) is 0 Å². The molecule has 1 rings (SSSR count). The van der Waals surface area contributed by atoms with Crippen LogP contribution in [0, 0.1) is 10.1 Å². The summed E-state index contributed by atoms with van der Waals surface area (Å²) in [6.07, 6.45) is 1.28. The van der Waals surface area contributed by atoms with Crippen LogP contribution in [0.4, 0.5) is 11.4 Å². The summed E-state index contributed by atoms with van der Waals surface area (Å²) in [4.78, 5) is 21.3. The second-order valence-corrected chi connectivity index (χ2v) is 3.71. The lowest BCUT2D eigenvalue weighted by Gasteiger charge is -2.07. The van der Waals surface area contributed by atoms with Gasteiger partial charge in [0.05, 0.1) is 4.92 Å². The zero-order valence-corrected chi connectivity index (χ0v) is 9.76. The number of rotatable bonds is 7. The number of nitrogens with one attached hydrogen (secondary N) is 1. The number of nitro benzene ring substituents is 1. The number of unbranched alkanes of at least 4 members (excludes halogenated alkanes) is 1. The molecule has 0 aromatic heterocycles. The van der Waals surface area contributed by atoms with Gasteiger partial charge in [0.25, 0.3) is 5.69 Å². The second-order valence-electron chi connectivity index (χ2n) is 3.71. The van der Waals surface area contributed by atoms with Crippen molar-refractivity contribution in [2.45, 2.75) is 12.8 Å². The molecule has 4 N–H and O–H groups in total. The molecule has 0 saturated heterocycles. The number of hydrogen-bond acceptors (Lipinski definition) is 5. The predicted molar refractivity (Wildman–Crippen MR) is 66.4 cm³/mol. The molecule has 0 bridgehead atoms. The maximum atomic E-state index is 11.0. The third-order valence-electron chi connectivity index (χ3n) is 2.38. The molecule has 0 spiro atoms. The van der Waals surface area contributed by atoms with Crippen molar-refractivity contribution in [2.75, 3.05) is 18.5 Å². The third kappa shape index (κ3) is 3.70. The number of anilines is 1. The van der Waals surface area contributed by atoms with Crippen LogP contribution in [0.1, 0.15) is 23.2 Å². The summed E-state index contributed by atoms with van der Waals surface area (Å²) in [6, 6.07) is 3.92. The first-order valence-corrected chi connectivity index (χ1v) is 5.49. The topological polar surface area (TPSA) is 118 Å². The summed E-state index contributed by atoms with van der Waals surface area (Å²) in [5.74, 6) is -0.636. The molecule has 0 fully saturated rings. The Kier molecular flexibility index (Phi) is 5.06. The number of carbonyl (C=O) groups is 1. The lowest BCUT2D eigenvalue weighted by molar-refractivity contribution is -0.384. The second kappa shape index (κ2) is 6.55. The minimum Gasteiger partial charge on any atom is -0.396 e. The summed E-state index contributed by atoms with van der Waals surface area (Å²) in [5, 5.41) is 22.3. The van der Waals surface area contributed by atoms with Gasteiger partial charge in [-0.05, 0) is 25.0 Å². The molecule has 18 heavy (non-hydrogen) atoms. The van der Waals surface area contributed by atoms with Crippen molar-refractivity contribution in [3.8, 4) is 0 Å². The highest BCUT2D eigenvalue weighted by molar-refractivity contribution is 5.94.